The Morgan fingerprint density at radius 1 is 0.871 bits per heavy atom. The summed E-state index contributed by atoms with van der Waals surface area (Å²) in [5.74, 6) is -2.35. The number of carbonyl (C=O) groups excluding carboxylic acids is 3. The van der Waals surface area contributed by atoms with E-state index in [1.807, 2.05) is 13.8 Å². The molecule has 0 aromatic carbocycles. The highest BCUT2D eigenvalue weighted by atomic mass is 16.4. The number of carboxylic acids is 1. The van der Waals surface area contributed by atoms with Crippen LogP contribution in [0.25, 0.3) is 0 Å². The molecular formula is C23H44N2O6. The van der Waals surface area contributed by atoms with Gasteiger partial charge in [-0.25, -0.2) is 0 Å². The lowest BCUT2D eigenvalue weighted by atomic mass is 9.82. The van der Waals surface area contributed by atoms with Gasteiger partial charge in [-0.1, -0.05) is 59.3 Å². The molecule has 2 amide bonds. The topological polar surface area (TPSA) is 133 Å². The van der Waals surface area contributed by atoms with Gasteiger partial charge in [-0.05, 0) is 32.6 Å². The molecule has 31 heavy (non-hydrogen) atoms. The molecule has 0 saturated carbocycles. The van der Waals surface area contributed by atoms with Crippen LogP contribution in [0.15, 0.2) is 0 Å². The Morgan fingerprint density at radius 2 is 1.39 bits per heavy atom. The molecule has 0 saturated heterocycles. The standard InChI is InChI=1S/C22H40N2O5.CH4O/c1-6-7-8-9-10-11-12-13-18(25)23-15-19(26)24-17(14-16(2)3)20(27)22(4,5)21(28)29;1-2/h16-17H,6-15H2,1-5H3,(H,23,25)(H,24,26)(H,28,29);2H,1H3. The molecular weight excluding hydrogens is 400 g/mol. The monoisotopic (exact) mass is 444 g/mol. The molecule has 0 heterocycles. The molecule has 1 unspecified atom stereocenters. The summed E-state index contributed by atoms with van der Waals surface area (Å²) in [6.45, 7) is 8.41. The van der Waals surface area contributed by atoms with Crippen LogP contribution in [0.3, 0.4) is 0 Å². The molecule has 0 rings (SSSR count). The number of aliphatic carboxylic acids is 1. The smallest absolute Gasteiger partial charge is 0.316 e. The fourth-order valence-electron chi connectivity index (χ4n) is 3.00. The third kappa shape index (κ3) is 14.6. The van der Waals surface area contributed by atoms with Crippen molar-refractivity contribution in [1.29, 1.82) is 0 Å². The van der Waals surface area contributed by atoms with Crippen molar-refractivity contribution >= 4 is 23.6 Å². The molecule has 4 N–H and O–H groups in total. The van der Waals surface area contributed by atoms with Crippen molar-refractivity contribution in [1.82, 2.24) is 10.6 Å². The van der Waals surface area contributed by atoms with Gasteiger partial charge in [-0.2, -0.15) is 0 Å². The van der Waals surface area contributed by atoms with Gasteiger partial charge in [0.05, 0.1) is 12.6 Å². The summed E-state index contributed by atoms with van der Waals surface area (Å²) in [7, 11) is 1.00. The number of nitrogens with one attached hydrogen (secondary N) is 2. The van der Waals surface area contributed by atoms with Crippen molar-refractivity contribution in [3.05, 3.63) is 0 Å². The molecule has 0 aliphatic heterocycles. The number of aliphatic hydroxyl groups is 1. The van der Waals surface area contributed by atoms with Crippen molar-refractivity contribution in [3.8, 4) is 0 Å². The number of carbonyl (C=O) groups is 4. The van der Waals surface area contributed by atoms with Crippen molar-refractivity contribution in [2.24, 2.45) is 11.3 Å². The summed E-state index contributed by atoms with van der Waals surface area (Å²) in [5, 5.41) is 21.4. The zero-order valence-electron chi connectivity index (χ0n) is 20.3. The van der Waals surface area contributed by atoms with E-state index >= 15 is 0 Å². The number of Topliss-reactive ketones (excluding diaryl/α,β-unsaturated/α-hetero) is 1. The van der Waals surface area contributed by atoms with Gasteiger partial charge in [-0.15, -0.1) is 0 Å². The SMILES string of the molecule is CCCCCCCCCC(=O)NCC(=O)NC(CC(C)C)C(=O)C(C)(C)C(=O)O.CO. The highest BCUT2D eigenvalue weighted by molar-refractivity contribution is 6.06. The van der Waals surface area contributed by atoms with E-state index in [0.29, 0.717) is 12.8 Å². The zero-order valence-corrected chi connectivity index (χ0v) is 20.3. The van der Waals surface area contributed by atoms with Crippen LogP contribution in [0.1, 0.15) is 92.4 Å². The maximum Gasteiger partial charge on any atom is 0.316 e. The lowest BCUT2D eigenvalue weighted by Gasteiger charge is -2.26. The van der Waals surface area contributed by atoms with E-state index in [0.717, 1.165) is 26.4 Å². The Hall–Kier alpha value is -1.96. The molecule has 182 valence electrons. The molecule has 1 atom stereocenters. The van der Waals surface area contributed by atoms with Crippen molar-refractivity contribution in [2.45, 2.75) is 98.4 Å². The van der Waals surface area contributed by atoms with Crippen molar-refractivity contribution < 1.29 is 29.4 Å². The van der Waals surface area contributed by atoms with Crippen LogP contribution in [0.2, 0.25) is 0 Å². The number of hydrogen-bond acceptors (Lipinski definition) is 5. The van der Waals surface area contributed by atoms with Gasteiger partial charge in [-0.3, -0.25) is 19.2 Å². The summed E-state index contributed by atoms with van der Waals surface area (Å²) in [5.41, 5.74) is -1.59. The van der Waals surface area contributed by atoms with Gasteiger partial charge in [0.15, 0.2) is 5.78 Å². The number of rotatable bonds is 16. The zero-order chi connectivity index (χ0) is 24.4. The van der Waals surface area contributed by atoms with Crippen LogP contribution < -0.4 is 10.6 Å². The van der Waals surface area contributed by atoms with Crippen LogP contribution in [0.4, 0.5) is 0 Å². The molecule has 0 aromatic heterocycles. The summed E-state index contributed by atoms with van der Waals surface area (Å²) in [6, 6.07) is -0.895. The van der Waals surface area contributed by atoms with E-state index in [9.17, 15) is 24.3 Å². The highest BCUT2D eigenvalue weighted by Gasteiger charge is 2.40. The van der Waals surface area contributed by atoms with E-state index in [2.05, 4.69) is 17.6 Å². The Morgan fingerprint density at radius 3 is 1.87 bits per heavy atom. The number of aliphatic hydroxyl groups excluding tert-OH is 1. The van der Waals surface area contributed by atoms with E-state index in [4.69, 9.17) is 5.11 Å². The van der Waals surface area contributed by atoms with Crippen molar-refractivity contribution in [3.63, 3.8) is 0 Å². The minimum absolute atomic E-state index is 0.0979. The molecule has 0 spiro atoms. The number of unbranched alkanes of at least 4 members (excludes halogenated alkanes) is 6. The Bertz CT molecular complexity index is 546. The van der Waals surface area contributed by atoms with Gasteiger partial charge in [0.1, 0.15) is 5.41 Å². The average Bonchev–Trinajstić information content (AvgIpc) is 2.71. The van der Waals surface area contributed by atoms with Gasteiger partial charge in [0, 0.05) is 13.5 Å². The lowest BCUT2D eigenvalue weighted by Crippen LogP contribution is -2.51. The fourth-order valence-corrected chi connectivity index (χ4v) is 3.00. The van der Waals surface area contributed by atoms with Gasteiger partial charge < -0.3 is 20.8 Å². The highest BCUT2D eigenvalue weighted by Crippen LogP contribution is 2.21. The number of ketones is 1. The second kappa shape index (κ2) is 17.7. The second-order valence-electron chi connectivity index (χ2n) is 8.69. The first-order valence-corrected chi connectivity index (χ1v) is 11.3. The van der Waals surface area contributed by atoms with E-state index in [1.54, 1.807) is 0 Å². The molecule has 8 heteroatoms. The predicted octanol–water partition coefficient (Wildman–Crippen LogP) is 3.06. The number of hydrogen-bond donors (Lipinski definition) is 4. The Kier molecular flexibility index (Phi) is 17.8. The fraction of sp³-hybridized carbons (Fsp3) is 0.826. The summed E-state index contributed by atoms with van der Waals surface area (Å²) < 4.78 is 0. The predicted molar refractivity (Wildman–Crippen MR) is 122 cm³/mol. The molecule has 0 aromatic rings. The molecule has 0 radical (unpaired) electrons. The van der Waals surface area contributed by atoms with Crippen molar-refractivity contribution in [2.75, 3.05) is 13.7 Å². The maximum atomic E-state index is 12.6. The third-order valence-corrected chi connectivity index (χ3v) is 4.96. The molecule has 0 aliphatic rings. The Balaban J connectivity index is 0. The minimum Gasteiger partial charge on any atom is -0.481 e. The summed E-state index contributed by atoms with van der Waals surface area (Å²) >= 11 is 0. The van der Waals surface area contributed by atoms with Crippen LogP contribution in [-0.2, 0) is 19.2 Å². The summed E-state index contributed by atoms with van der Waals surface area (Å²) in [4.78, 5) is 48.0. The van der Waals surface area contributed by atoms with Gasteiger partial charge >= 0.3 is 5.97 Å². The first-order chi connectivity index (χ1) is 14.5. The first kappa shape index (κ1) is 31.2. The van der Waals surface area contributed by atoms with Crippen LogP contribution in [0.5, 0.6) is 0 Å². The van der Waals surface area contributed by atoms with E-state index in [-0.39, 0.29) is 18.4 Å². The maximum absolute atomic E-state index is 12.6. The Labute approximate surface area is 187 Å². The molecule has 0 fully saturated rings. The van der Waals surface area contributed by atoms with Crippen LogP contribution >= 0.6 is 0 Å². The van der Waals surface area contributed by atoms with Crippen LogP contribution in [0, 0.1) is 11.3 Å². The average molecular weight is 445 g/mol. The number of amides is 2. The largest absolute Gasteiger partial charge is 0.481 e. The van der Waals surface area contributed by atoms with E-state index in [1.165, 1.54) is 39.5 Å². The minimum atomic E-state index is -1.59. The first-order valence-electron chi connectivity index (χ1n) is 11.3. The number of carboxylic acid groups (broad SMARTS) is 1. The van der Waals surface area contributed by atoms with E-state index < -0.39 is 29.1 Å². The molecule has 0 bridgehead atoms. The van der Waals surface area contributed by atoms with Gasteiger partial charge in [0.25, 0.3) is 0 Å². The normalized spacial score (nSPS) is 11.9. The summed E-state index contributed by atoms with van der Waals surface area (Å²) in [6.07, 6.45) is 8.51. The third-order valence-electron chi connectivity index (χ3n) is 4.96. The van der Waals surface area contributed by atoms with Gasteiger partial charge in [0.2, 0.25) is 11.8 Å². The lowest BCUT2D eigenvalue weighted by molar-refractivity contribution is -0.154. The molecule has 0 aliphatic carbocycles. The second-order valence-corrected chi connectivity index (χ2v) is 8.69. The van der Waals surface area contributed by atoms with Crippen LogP contribution in [-0.4, -0.2) is 53.5 Å². The quantitative estimate of drug-likeness (QED) is 0.214. The molecule has 8 nitrogen and oxygen atoms in total.